The Hall–Kier alpha value is -5.52. The average Bonchev–Trinajstić information content (AvgIpc) is 2.82. The van der Waals surface area contributed by atoms with Crippen LogP contribution >= 0.6 is 0 Å². The van der Waals surface area contributed by atoms with Gasteiger partial charge in [-0.15, -0.1) is 0 Å². The Morgan fingerprint density at radius 2 is 0.639 bits per heavy atom. The largest absolute Gasteiger partial charge is 0.478 e. The van der Waals surface area contributed by atoms with Gasteiger partial charge in [-0.3, -0.25) is 0 Å². The third-order valence-electron chi connectivity index (χ3n) is 5.19. The summed E-state index contributed by atoms with van der Waals surface area (Å²) in [7, 11) is 0. The number of benzene rings is 3. The molecule has 0 spiro atoms. The highest BCUT2D eigenvalue weighted by Crippen LogP contribution is 2.36. The molecule has 6 N–H and O–H groups in total. The molecule has 3 rings (SSSR count). The van der Waals surface area contributed by atoms with Crippen molar-refractivity contribution in [3.63, 3.8) is 0 Å². The standard InChI is InChI=1S/C24H14O12/c25-19(26)9-1-3-11(15(5-9)21(29)30)13-7-18(24(35)36)14(8-17(13)23(33)34)12-4-2-10(20(27)28)6-16(12)22(31)32/h1-8H,(H,25,26)(H,27,28)(H,29,30)(H,31,32)(H,33,34)(H,35,36). The lowest BCUT2D eigenvalue weighted by Gasteiger charge is -2.16. The zero-order chi connectivity index (χ0) is 26.9. The Labute approximate surface area is 199 Å². The minimum Gasteiger partial charge on any atom is -0.478 e. The van der Waals surface area contributed by atoms with Gasteiger partial charge in [0.05, 0.1) is 33.4 Å². The summed E-state index contributed by atoms with van der Waals surface area (Å²) in [6, 6.07) is 7.30. The fourth-order valence-corrected chi connectivity index (χ4v) is 3.58. The molecule has 0 saturated carbocycles. The highest BCUT2D eigenvalue weighted by atomic mass is 16.4. The summed E-state index contributed by atoms with van der Waals surface area (Å²) in [6.07, 6.45) is 0. The van der Waals surface area contributed by atoms with Crippen LogP contribution in [0.25, 0.3) is 22.3 Å². The van der Waals surface area contributed by atoms with Gasteiger partial charge in [-0.05, 0) is 58.7 Å². The molecule has 12 nitrogen and oxygen atoms in total. The Kier molecular flexibility index (Phi) is 6.54. The lowest BCUT2D eigenvalue weighted by Crippen LogP contribution is -2.11. The van der Waals surface area contributed by atoms with Crippen LogP contribution in [0.1, 0.15) is 62.1 Å². The van der Waals surface area contributed by atoms with E-state index in [1.54, 1.807) is 0 Å². The van der Waals surface area contributed by atoms with E-state index >= 15 is 0 Å². The van der Waals surface area contributed by atoms with Crippen molar-refractivity contribution in [1.82, 2.24) is 0 Å². The van der Waals surface area contributed by atoms with Gasteiger partial charge in [0.25, 0.3) is 0 Å². The second-order valence-electron chi connectivity index (χ2n) is 7.30. The summed E-state index contributed by atoms with van der Waals surface area (Å²) in [5.74, 6) is -9.36. The van der Waals surface area contributed by atoms with Crippen molar-refractivity contribution in [3.05, 3.63) is 81.9 Å². The quantitative estimate of drug-likeness (QED) is 0.265. The van der Waals surface area contributed by atoms with Gasteiger partial charge >= 0.3 is 35.8 Å². The van der Waals surface area contributed by atoms with E-state index in [-0.39, 0.29) is 22.3 Å². The van der Waals surface area contributed by atoms with Crippen molar-refractivity contribution in [2.75, 3.05) is 0 Å². The minimum absolute atomic E-state index is 0.293. The number of aromatic carboxylic acids is 6. The SMILES string of the molecule is O=C(O)c1ccc(-c2cc(C(=O)O)c(-c3ccc(C(=O)O)cc3C(=O)O)cc2C(=O)O)c(C(=O)O)c1. The van der Waals surface area contributed by atoms with Crippen LogP contribution in [0.5, 0.6) is 0 Å². The van der Waals surface area contributed by atoms with Gasteiger partial charge < -0.3 is 30.6 Å². The second-order valence-corrected chi connectivity index (χ2v) is 7.30. The first-order valence-corrected chi connectivity index (χ1v) is 9.70. The van der Waals surface area contributed by atoms with E-state index < -0.39 is 69.2 Å². The first kappa shape index (κ1) is 25.1. The van der Waals surface area contributed by atoms with Gasteiger partial charge in [-0.1, -0.05) is 12.1 Å². The highest BCUT2D eigenvalue weighted by molar-refractivity contribution is 6.09. The number of rotatable bonds is 8. The fraction of sp³-hybridized carbons (Fsp3) is 0. The summed E-state index contributed by atoms with van der Waals surface area (Å²) in [5, 5.41) is 57.1. The van der Waals surface area contributed by atoms with Crippen molar-refractivity contribution < 1.29 is 59.4 Å². The molecule has 0 fully saturated rings. The predicted molar refractivity (Wildman–Crippen MR) is 119 cm³/mol. The maximum atomic E-state index is 12.1. The molecule has 0 unspecified atom stereocenters. The molecular weight excluding hydrogens is 480 g/mol. The third kappa shape index (κ3) is 4.59. The molecule has 0 aromatic heterocycles. The molecule has 0 aliphatic carbocycles. The van der Waals surface area contributed by atoms with E-state index in [1.807, 2.05) is 0 Å². The summed E-state index contributed by atoms with van der Waals surface area (Å²) in [4.78, 5) is 70.3. The summed E-state index contributed by atoms with van der Waals surface area (Å²) in [5.41, 5.74) is -4.61. The van der Waals surface area contributed by atoms with Crippen molar-refractivity contribution in [3.8, 4) is 22.3 Å². The zero-order valence-electron chi connectivity index (χ0n) is 17.8. The van der Waals surface area contributed by atoms with E-state index in [9.17, 15) is 49.2 Å². The van der Waals surface area contributed by atoms with Crippen molar-refractivity contribution >= 4 is 35.8 Å². The first-order valence-electron chi connectivity index (χ1n) is 9.70. The van der Waals surface area contributed by atoms with Crippen LogP contribution in [-0.4, -0.2) is 66.5 Å². The van der Waals surface area contributed by atoms with Gasteiger partial charge in [0.2, 0.25) is 0 Å². The Morgan fingerprint density at radius 3 is 0.889 bits per heavy atom. The molecule has 0 bridgehead atoms. The fourth-order valence-electron chi connectivity index (χ4n) is 3.58. The topological polar surface area (TPSA) is 224 Å². The van der Waals surface area contributed by atoms with Gasteiger partial charge in [0.15, 0.2) is 0 Å². The van der Waals surface area contributed by atoms with Gasteiger partial charge in [0.1, 0.15) is 0 Å². The summed E-state index contributed by atoms with van der Waals surface area (Å²) in [6.45, 7) is 0. The molecule has 182 valence electrons. The van der Waals surface area contributed by atoms with E-state index in [1.165, 1.54) is 0 Å². The number of hydrogen-bond donors (Lipinski definition) is 6. The third-order valence-corrected chi connectivity index (χ3v) is 5.19. The first-order chi connectivity index (χ1) is 16.8. The van der Waals surface area contributed by atoms with Crippen LogP contribution < -0.4 is 0 Å². The number of carboxylic acids is 6. The second kappa shape index (κ2) is 9.38. The zero-order valence-corrected chi connectivity index (χ0v) is 17.8. The smallest absolute Gasteiger partial charge is 0.336 e. The van der Waals surface area contributed by atoms with Crippen LogP contribution in [0.15, 0.2) is 48.5 Å². The molecule has 12 heteroatoms. The average molecular weight is 494 g/mol. The van der Waals surface area contributed by atoms with Gasteiger partial charge in [-0.2, -0.15) is 0 Å². The molecule has 0 atom stereocenters. The number of hydrogen-bond acceptors (Lipinski definition) is 6. The Balaban J connectivity index is 2.43. The van der Waals surface area contributed by atoms with Crippen LogP contribution in [0.2, 0.25) is 0 Å². The van der Waals surface area contributed by atoms with Gasteiger partial charge in [0, 0.05) is 0 Å². The minimum atomic E-state index is -1.62. The Morgan fingerprint density at radius 1 is 0.361 bits per heavy atom. The van der Waals surface area contributed by atoms with Crippen molar-refractivity contribution in [2.45, 2.75) is 0 Å². The molecule has 0 heterocycles. The number of carboxylic acid groups (broad SMARTS) is 6. The summed E-state index contributed by atoms with van der Waals surface area (Å²) < 4.78 is 0. The van der Waals surface area contributed by atoms with Crippen molar-refractivity contribution in [1.29, 1.82) is 0 Å². The molecule has 0 saturated heterocycles. The van der Waals surface area contributed by atoms with Gasteiger partial charge in [-0.25, -0.2) is 28.8 Å². The van der Waals surface area contributed by atoms with Crippen molar-refractivity contribution in [2.24, 2.45) is 0 Å². The lowest BCUT2D eigenvalue weighted by atomic mass is 9.86. The molecule has 3 aromatic carbocycles. The molecule has 3 aromatic rings. The number of carbonyl (C=O) groups is 6. The maximum absolute atomic E-state index is 12.1. The predicted octanol–water partition coefficient (Wildman–Crippen LogP) is 3.21. The van der Waals surface area contributed by atoms with E-state index in [0.29, 0.717) is 0 Å². The highest BCUT2D eigenvalue weighted by Gasteiger charge is 2.26. The molecule has 0 radical (unpaired) electrons. The van der Waals surface area contributed by atoms with E-state index in [4.69, 9.17) is 10.2 Å². The molecule has 36 heavy (non-hydrogen) atoms. The summed E-state index contributed by atoms with van der Waals surface area (Å²) >= 11 is 0. The monoisotopic (exact) mass is 494 g/mol. The lowest BCUT2D eigenvalue weighted by molar-refractivity contribution is 0.0676. The molecule has 0 amide bonds. The van der Waals surface area contributed by atoms with E-state index in [2.05, 4.69) is 0 Å². The molecule has 0 aliphatic rings. The maximum Gasteiger partial charge on any atom is 0.336 e. The normalized spacial score (nSPS) is 10.4. The van der Waals surface area contributed by atoms with Crippen LogP contribution in [0.4, 0.5) is 0 Å². The van der Waals surface area contributed by atoms with Crippen LogP contribution in [-0.2, 0) is 0 Å². The van der Waals surface area contributed by atoms with Crippen LogP contribution in [0, 0.1) is 0 Å². The molecule has 0 aliphatic heterocycles. The molecular formula is C24H14O12. The van der Waals surface area contributed by atoms with E-state index in [0.717, 1.165) is 48.5 Å². The van der Waals surface area contributed by atoms with Crippen LogP contribution in [0.3, 0.4) is 0 Å². The Bertz CT molecular complexity index is 1390.